The van der Waals surface area contributed by atoms with Crippen LogP contribution in [0.4, 0.5) is 10.1 Å². The molecule has 112 valence electrons. The SMILES string of the molecule is CC(C)CNCc1ncc(-c2cc(F)ccc2[N+](=O)[O-])o1. The molecule has 0 aliphatic carbocycles. The average molecular weight is 293 g/mol. The lowest BCUT2D eigenvalue weighted by Gasteiger charge is -2.04. The number of hydrogen-bond acceptors (Lipinski definition) is 5. The highest BCUT2D eigenvalue weighted by molar-refractivity contribution is 5.68. The van der Waals surface area contributed by atoms with Crippen LogP contribution in [0.5, 0.6) is 0 Å². The van der Waals surface area contributed by atoms with E-state index in [1.165, 1.54) is 6.20 Å². The van der Waals surface area contributed by atoms with Gasteiger partial charge in [0, 0.05) is 6.07 Å². The van der Waals surface area contributed by atoms with Gasteiger partial charge in [-0.1, -0.05) is 13.8 Å². The van der Waals surface area contributed by atoms with Gasteiger partial charge in [-0.3, -0.25) is 10.1 Å². The van der Waals surface area contributed by atoms with Crippen molar-refractivity contribution >= 4 is 5.69 Å². The van der Waals surface area contributed by atoms with Crippen molar-refractivity contribution in [2.45, 2.75) is 20.4 Å². The van der Waals surface area contributed by atoms with Gasteiger partial charge < -0.3 is 9.73 Å². The molecule has 0 aliphatic heterocycles. The van der Waals surface area contributed by atoms with Crippen molar-refractivity contribution in [3.63, 3.8) is 0 Å². The number of hydrogen-bond donors (Lipinski definition) is 1. The van der Waals surface area contributed by atoms with Crippen molar-refractivity contribution in [2.24, 2.45) is 5.92 Å². The van der Waals surface area contributed by atoms with Crippen molar-refractivity contribution in [2.75, 3.05) is 6.54 Å². The Kier molecular flexibility index (Phi) is 4.64. The maximum absolute atomic E-state index is 13.3. The van der Waals surface area contributed by atoms with Crippen molar-refractivity contribution in [1.29, 1.82) is 0 Å². The summed E-state index contributed by atoms with van der Waals surface area (Å²) in [5.41, 5.74) is -0.128. The Bertz CT molecular complexity index is 640. The van der Waals surface area contributed by atoms with Crippen LogP contribution in [-0.4, -0.2) is 16.5 Å². The van der Waals surface area contributed by atoms with E-state index in [-0.39, 0.29) is 17.0 Å². The summed E-state index contributed by atoms with van der Waals surface area (Å²) in [7, 11) is 0. The highest BCUT2D eigenvalue weighted by Gasteiger charge is 2.19. The highest BCUT2D eigenvalue weighted by Crippen LogP contribution is 2.30. The molecule has 1 heterocycles. The molecule has 0 unspecified atom stereocenters. The Morgan fingerprint density at radius 3 is 2.90 bits per heavy atom. The van der Waals surface area contributed by atoms with Crippen LogP contribution < -0.4 is 5.32 Å². The Morgan fingerprint density at radius 1 is 1.48 bits per heavy atom. The van der Waals surface area contributed by atoms with Gasteiger partial charge in [0.25, 0.3) is 5.69 Å². The molecule has 0 fully saturated rings. The minimum atomic E-state index is -0.575. The summed E-state index contributed by atoms with van der Waals surface area (Å²) in [6, 6.07) is 3.23. The van der Waals surface area contributed by atoms with Crippen LogP contribution in [0.2, 0.25) is 0 Å². The van der Waals surface area contributed by atoms with Crippen LogP contribution in [0.15, 0.2) is 28.8 Å². The number of rotatable bonds is 6. The van der Waals surface area contributed by atoms with Crippen molar-refractivity contribution in [3.05, 3.63) is 46.2 Å². The Balaban J connectivity index is 2.21. The summed E-state index contributed by atoms with van der Waals surface area (Å²) in [5, 5.41) is 14.1. The summed E-state index contributed by atoms with van der Waals surface area (Å²) >= 11 is 0. The van der Waals surface area contributed by atoms with Gasteiger partial charge in [0.2, 0.25) is 5.89 Å². The standard InChI is InChI=1S/C14H16FN3O3/c1-9(2)6-16-8-14-17-7-13(21-14)11-5-10(15)3-4-12(11)18(19)20/h3-5,7,9,16H,6,8H2,1-2H3. The summed E-state index contributed by atoms with van der Waals surface area (Å²) in [5.74, 6) is 0.516. The quantitative estimate of drug-likeness (QED) is 0.653. The molecule has 7 heteroatoms. The molecule has 1 aromatic heterocycles. The zero-order valence-electron chi connectivity index (χ0n) is 11.8. The molecule has 0 amide bonds. The number of benzene rings is 1. The Labute approximate surface area is 121 Å². The predicted molar refractivity (Wildman–Crippen MR) is 75.1 cm³/mol. The molecule has 0 bridgehead atoms. The molecule has 6 nitrogen and oxygen atoms in total. The predicted octanol–water partition coefficient (Wildman–Crippen LogP) is 3.13. The lowest BCUT2D eigenvalue weighted by atomic mass is 10.1. The third-order valence-electron chi connectivity index (χ3n) is 2.80. The zero-order chi connectivity index (χ0) is 15.4. The first-order valence-corrected chi connectivity index (χ1v) is 6.57. The van der Waals surface area contributed by atoms with E-state index in [4.69, 9.17) is 4.42 Å². The highest BCUT2D eigenvalue weighted by atomic mass is 19.1. The molecule has 0 spiro atoms. The number of nitro benzene ring substituents is 1. The molecule has 1 aromatic carbocycles. The molecule has 0 aliphatic rings. The average Bonchev–Trinajstić information content (AvgIpc) is 2.86. The van der Waals surface area contributed by atoms with Crippen molar-refractivity contribution < 1.29 is 13.7 Å². The van der Waals surface area contributed by atoms with Crippen LogP contribution in [-0.2, 0) is 6.54 Å². The fraction of sp³-hybridized carbons (Fsp3) is 0.357. The van der Waals surface area contributed by atoms with E-state index < -0.39 is 10.7 Å². The molecular formula is C14H16FN3O3. The van der Waals surface area contributed by atoms with E-state index in [9.17, 15) is 14.5 Å². The minimum Gasteiger partial charge on any atom is -0.439 e. The second-order valence-electron chi connectivity index (χ2n) is 5.06. The van der Waals surface area contributed by atoms with Gasteiger partial charge in [-0.25, -0.2) is 9.37 Å². The number of nitrogens with one attached hydrogen (secondary N) is 1. The first kappa shape index (κ1) is 15.1. The third kappa shape index (κ3) is 3.85. The van der Waals surface area contributed by atoms with E-state index in [1.54, 1.807) is 0 Å². The molecule has 21 heavy (non-hydrogen) atoms. The fourth-order valence-electron chi connectivity index (χ4n) is 1.85. The van der Waals surface area contributed by atoms with Gasteiger partial charge in [-0.15, -0.1) is 0 Å². The first-order chi connectivity index (χ1) is 9.97. The first-order valence-electron chi connectivity index (χ1n) is 6.57. The third-order valence-corrected chi connectivity index (χ3v) is 2.80. The maximum atomic E-state index is 13.3. The van der Waals surface area contributed by atoms with E-state index in [0.29, 0.717) is 18.4 Å². The van der Waals surface area contributed by atoms with Crippen LogP contribution in [0.3, 0.4) is 0 Å². The van der Waals surface area contributed by atoms with Crippen LogP contribution in [0.25, 0.3) is 11.3 Å². The van der Waals surface area contributed by atoms with E-state index in [0.717, 1.165) is 24.7 Å². The monoisotopic (exact) mass is 293 g/mol. The molecular weight excluding hydrogens is 277 g/mol. The lowest BCUT2D eigenvalue weighted by Crippen LogP contribution is -2.18. The molecule has 2 aromatic rings. The molecule has 0 atom stereocenters. The number of aromatic nitrogens is 1. The summed E-state index contributed by atoms with van der Waals surface area (Å²) < 4.78 is 18.8. The molecule has 2 rings (SSSR count). The number of halogens is 1. The Morgan fingerprint density at radius 2 is 2.24 bits per heavy atom. The van der Waals surface area contributed by atoms with Crippen LogP contribution in [0.1, 0.15) is 19.7 Å². The van der Waals surface area contributed by atoms with Gasteiger partial charge >= 0.3 is 0 Å². The minimum absolute atomic E-state index is 0.0857. The lowest BCUT2D eigenvalue weighted by molar-refractivity contribution is -0.384. The molecule has 0 saturated carbocycles. The Hall–Kier alpha value is -2.28. The molecule has 0 saturated heterocycles. The van der Waals surface area contributed by atoms with E-state index in [2.05, 4.69) is 24.1 Å². The van der Waals surface area contributed by atoms with Gasteiger partial charge in [-0.2, -0.15) is 0 Å². The fourth-order valence-corrected chi connectivity index (χ4v) is 1.85. The molecule has 1 N–H and O–H groups in total. The van der Waals surface area contributed by atoms with Crippen LogP contribution >= 0.6 is 0 Å². The van der Waals surface area contributed by atoms with E-state index >= 15 is 0 Å². The van der Waals surface area contributed by atoms with Gasteiger partial charge in [-0.05, 0) is 24.6 Å². The molecule has 0 radical (unpaired) electrons. The maximum Gasteiger partial charge on any atom is 0.280 e. The normalized spacial score (nSPS) is 11.0. The topological polar surface area (TPSA) is 81.2 Å². The van der Waals surface area contributed by atoms with Crippen molar-refractivity contribution in [3.8, 4) is 11.3 Å². The second-order valence-corrected chi connectivity index (χ2v) is 5.06. The number of nitrogens with zero attached hydrogens (tertiary/aromatic N) is 2. The summed E-state index contributed by atoms with van der Waals surface area (Å²) in [6.45, 7) is 5.37. The zero-order valence-corrected chi connectivity index (χ0v) is 11.8. The van der Waals surface area contributed by atoms with Gasteiger partial charge in [0.05, 0.1) is 23.2 Å². The second kappa shape index (κ2) is 6.45. The largest absolute Gasteiger partial charge is 0.439 e. The van der Waals surface area contributed by atoms with Crippen molar-refractivity contribution in [1.82, 2.24) is 10.3 Å². The number of oxazole rings is 1. The van der Waals surface area contributed by atoms with Gasteiger partial charge in [0.15, 0.2) is 5.76 Å². The van der Waals surface area contributed by atoms with Gasteiger partial charge in [0.1, 0.15) is 5.82 Å². The van der Waals surface area contributed by atoms with E-state index in [1.807, 2.05) is 0 Å². The summed E-state index contributed by atoms with van der Waals surface area (Å²) in [6.07, 6.45) is 1.37. The summed E-state index contributed by atoms with van der Waals surface area (Å²) in [4.78, 5) is 14.4. The number of nitro groups is 1. The smallest absolute Gasteiger partial charge is 0.280 e. The van der Waals surface area contributed by atoms with Crippen LogP contribution in [0, 0.1) is 21.8 Å².